The molecule has 0 spiro atoms. The van der Waals surface area contributed by atoms with Crippen molar-refractivity contribution in [1.82, 2.24) is 10.3 Å². The number of thioether (sulfide) groups is 1. The first-order valence-electron chi connectivity index (χ1n) is 7.06. The Morgan fingerprint density at radius 2 is 1.74 bits per heavy atom. The number of benzene rings is 2. The van der Waals surface area contributed by atoms with Crippen LogP contribution in [0.1, 0.15) is 5.56 Å². The number of carbonyl (C=O) groups excluding carboxylic acids is 2. The summed E-state index contributed by atoms with van der Waals surface area (Å²) in [5.41, 5.74) is 1.82. The predicted octanol–water partition coefficient (Wildman–Crippen LogP) is 3.27. The molecule has 0 bridgehead atoms. The van der Waals surface area contributed by atoms with E-state index in [1.165, 1.54) is 11.8 Å². The number of thiazole rings is 1. The van der Waals surface area contributed by atoms with Gasteiger partial charge >= 0.3 is 0 Å². The van der Waals surface area contributed by atoms with E-state index in [4.69, 9.17) is 0 Å². The average Bonchev–Trinajstić information content (AvgIpc) is 2.96. The van der Waals surface area contributed by atoms with Gasteiger partial charge in [-0.1, -0.05) is 54.2 Å². The molecule has 3 rings (SSSR count). The lowest BCUT2D eigenvalue weighted by molar-refractivity contribution is -0.128. The average molecular weight is 342 g/mol. The SMILES string of the molecule is O=C(CSc1nc2ccccc2s1)NC(=O)Cc1ccccc1. The van der Waals surface area contributed by atoms with Gasteiger partial charge in [0, 0.05) is 0 Å². The van der Waals surface area contributed by atoms with E-state index >= 15 is 0 Å². The largest absolute Gasteiger partial charge is 0.295 e. The van der Waals surface area contributed by atoms with Gasteiger partial charge in [-0.05, 0) is 17.7 Å². The minimum absolute atomic E-state index is 0.181. The molecule has 3 aromatic rings. The molecule has 1 aromatic heterocycles. The van der Waals surface area contributed by atoms with Crippen LogP contribution in [-0.4, -0.2) is 22.6 Å². The second-order valence-electron chi connectivity index (χ2n) is 4.87. The van der Waals surface area contributed by atoms with Gasteiger partial charge in [0.1, 0.15) is 0 Å². The maximum Gasteiger partial charge on any atom is 0.237 e. The molecule has 0 atom stereocenters. The molecule has 0 aliphatic heterocycles. The van der Waals surface area contributed by atoms with Crippen LogP contribution in [0.2, 0.25) is 0 Å². The first-order chi connectivity index (χ1) is 11.2. The highest BCUT2D eigenvalue weighted by atomic mass is 32.2. The minimum Gasteiger partial charge on any atom is -0.295 e. The molecule has 4 nitrogen and oxygen atoms in total. The van der Waals surface area contributed by atoms with Gasteiger partial charge in [0.05, 0.1) is 22.4 Å². The maximum absolute atomic E-state index is 11.9. The second kappa shape index (κ2) is 7.39. The van der Waals surface area contributed by atoms with Crippen LogP contribution in [0.5, 0.6) is 0 Å². The third-order valence-electron chi connectivity index (χ3n) is 3.09. The Hall–Kier alpha value is -2.18. The Morgan fingerprint density at radius 1 is 1.00 bits per heavy atom. The fourth-order valence-corrected chi connectivity index (χ4v) is 3.93. The topological polar surface area (TPSA) is 59.1 Å². The van der Waals surface area contributed by atoms with Crippen molar-refractivity contribution in [3.8, 4) is 0 Å². The number of amides is 2. The van der Waals surface area contributed by atoms with Crippen LogP contribution in [0.3, 0.4) is 0 Å². The highest BCUT2D eigenvalue weighted by Gasteiger charge is 2.11. The molecule has 0 fully saturated rings. The van der Waals surface area contributed by atoms with Crippen LogP contribution in [0.25, 0.3) is 10.2 Å². The monoisotopic (exact) mass is 342 g/mol. The first-order valence-corrected chi connectivity index (χ1v) is 8.86. The zero-order valence-electron chi connectivity index (χ0n) is 12.2. The first kappa shape index (κ1) is 15.7. The van der Waals surface area contributed by atoms with Crippen molar-refractivity contribution in [3.63, 3.8) is 0 Å². The van der Waals surface area contributed by atoms with Crippen LogP contribution in [0, 0.1) is 0 Å². The standard InChI is InChI=1S/C17H14N2O2S2/c20-15(10-12-6-2-1-3-7-12)19-16(21)11-22-17-18-13-8-4-5-9-14(13)23-17/h1-9H,10-11H2,(H,19,20,21). The minimum atomic E-state index is -0.296. The molecule has 0 unspecified atom stereocenters. The molecule has 0 aliphatic carbocycles. The summed E-state index contributed by atoms with van der Waals surface area (Å²) >= 11 is 2.89. The van der Waals surface area contributed by atoms with Gasteiger partial charge in [0.25, 0.3) is 0 Å². The number of aromatic nitrogens is 1. The third kappa shape index (κ3) is 4.40. The zero-order chi connectivity index (χ0) is 16.1. The Labute approximate surface area is 141 Å². The van der Waals surface area contributed by atoms with Gasteiger partial charge in [0.15, 0.2) is 4.34 Å². The lowest BCUT2D eigenvalue weighted by Gasteiger charge is -2.03. The van der Waals surface area contributed by atoms with Crippen molar-refractivity contribution in [2.75, 3.05) is 5.75 Å². The number of imide groups is 1. The quantitative estimate of drug-likeness (QED) is 0.723. The number of carbonyl (C=O) groups is 2. The summed E-state index contributed by atoms with van der Waals surface area (Å²) in [4.78, 5) is 28.1. The third-order valence-corrected chi connectivity index (χ3v) is 5.27. The van der Waals surface area contributed by atoms with E-state index in [0.29, 0.717) is 0 Å². The Bertz CT molecular complexity index is 798. The molecule has 1 heterocycles. The Kier molecular flexibility index (Phi) is 5.05. The Balaban J connectivity index is 1.50. The van der Waals surface area contributed by atoms with Gasteiger partial charge in [-0.25, -0.2) is 4.98 Å². The van der Waals surface area contributed by atoms with Crippen molar-refractivity contribution < 1.29 is 9.59 Å². The van der Waals surface area contributed by atoms with Crippen molar-refractivity contribution in [2.45, 2.75) is 10.8 Å². The highest BCUT2D eigenvalue weighted by Crippen LogP contribution is 2.28. The lowest BCUT2D eigenvalue weighted by atomic mass is 10.1. The fraction of sp³-hybridized carbons (Fsp3) is 0.118. The van der Waals surface area contributed by atoms with Crippen molar-refractivity contribution in [3.05, 3.63) is 60.2 Å². The molecule has 0 radical (unpaired) electrons. The van der Waals surface area contributed by atoms with Crippen LogP contribution in [-0.2, 0) is 16.0 Å². The zero-order valence-corrected chi connectivity index (χ0v) is 13.8. The highest BCUT2D eigenvalue weighted by molar-refractivity contribution is 8.01. The molecular formula is C17H14N2O2S2. The predicted molar refractivity (Wildman–Crippen MR) is 93.6 cm³/mol. The summed E-state index contributed by atoms with van der Waals surface area (Å²) in [5.74, 6) is -0.401. The van der Waals surface area contributed by atoms with Gasteiger partial charge < -0.3 is 0 Å². The van der Waals surface area contributed by atoms with E-state index in [1.807, 2.05) is 54.6 Å². The molecule has 116 valence electrons. The van der Waals surface area contributed by atoms with Gasteiger partial charge in [-0.15, -0.1) is 11.3 Å². The number of para-hydroxylation sites is 1. The second-order valence-corrected chi connectivity index (χ2v) is 7.12. The number of fused-ring (bicyclic) bond motifs is 1. The van der Waals surface area contributed by atoms with Gasteiger partial charge in [0.2, 0.25) is 11.8 Å². The van der Waals surface area contributed by atoms with Crippen molar-refractivity contribution >= 4 is 45.1 Å². The normalized spacial score (nSPS) is 10.6. The maximum atomic E-state index is 11.9. The van der Waals surface area contributed by atoms with Crippen LogP contribution < -0.4 is 5.32 Å². The summed E-state index contributed by atoms with van der Waals surface area (Å²) in [6, 6.07) is 17.2. The van der Waals surface area contributed by atoms with E-state index in [1.54, 1.807) is 11.3 Å². The van der Waals surface area contributed by atoms with Crippen LogP contribution in [0.4, 0.5) is 0 Å². The molecule has 23 heavy (non-hydrogen) atoms. The molecule has 2 aromatic carbocycles. The van der Waals surface area contributed by atoms with E-state index in [-0.39, 0.29) is 24.0 Å². The van der Waals surface area contributed by atoms with E-state index in [2.05, 4.69) is 10.3 Å². The van der Waals surface area contributed by atoms with Crippen LogP contribution >= 0.6 is 23.1 Å². The number of nitrogens with one attached hydrogen (secondary N) is 1. The lowest BCUT2D eigenvalue weighted by Crippen LogP contribution is -2.32. The summed E-state index contributed by atoms with van der Waals surface area (Å²) in [6.07, 6.45) is 0.207. The van der Waals surface area contributed by atoms with E-state index < -0.39 is 0 Å². The van der Waals surface area contributed by atoms with Crippen molar-refractivity contribution in [2.24, 2.45) is 0 Å². The number of hydrogen-bond acceptors (Lipinski definition) is 5. The Morgan fingerprint density at radius 3 is 2.52 bits per heavy atom. The van der Waals surface area contributed by atoms with E-state index in [0.717, 1.165) is 20.1 Å². The molecule has 1 N–H and O–H groups in total. The summed E-state index contributed by atoms with van der Waals surface area (Å²) < 4.78 is 1.92. The van der Waals surface area contributed by atoms with Crippen LogP contribution in [0.15, 0.2) is 58.9 Å². The molecule has 0 saturated carbocycles. The molecule has 0 aliphatic rings. The molecule has 2 amide bonds. The number of hydrogen-bond donors (Lipinski definition) is 1. The molecular weight excluding hydrogens is 328 g/mol. The number of rotatable bonds is 5. The molecule has 0 saturated heterocycles. The summed E-state index contributed by atoms with van der Waals surface area (Å²) in [5, 5.41) is 2.41. The molecule has 6 heteroatoms. The van der Waals surface area contributed by atoms with Gasteiger partial charge in [-0.2, -0.15) is 0 Å². The summed E-state index contributed by atoms with van der Waals surface area (Å²) in [7, 11) is 0. The summed E-state index contributed by atoms with van der Waals surface area (Å²) in [6.45, 7) is 0. The van der Waals surface area contributed by atoms with E-state index in [9.17, 15) is 9.59 Å². The van der Waals surface area contributed by atoms with Crippen molar-refractivity contribution in [1.29, 1.82) is 0 Å². The fourth-order valence-electron chi connectivity index (χ4n) is 2.06. The van der Waals surface area contributed by atoms with Gasteiger partial charge in [-0.3, -0.25) is 14.9 Å². The number of nitrogens with zero attached hydrogens (tertiary/aromatic N) is 1. The smallest absolute Gasteiger partial charge is 0.237 e.